The van der Waals surface area contributed by atoms with Gasteiger partial charge in [0, 0.05) is 38.3 Å². The zero-order chi connectivity index (χ0) is 31.3. The van der Waals surface area contributed by atoms with Crippen molar-refractivity contribution < 1.29 is 35.8 Å². The first-order valence-electron chi connectivity index (χ1n) is 14.5. The third-order valence-electron chi connectivity index (χ3n) is 7.82. The maximum absolute atomic E-state index is 14.3. The van der Waals surface area contributed by atoms with Crippen LogP contribution in [0.25, 0.3) is 0 Å². The first-order chi connectivity index (χ1) is 20.3. The number of hydrogen-bond acceptors (Lipinski definition) is 9. The molecule has 2 aliphatic rings. The van der Waals surface area contributed by atoms with Crippen LogP contribution < -0.4 is 14.8 Å². The van der Waals surface area contributed by atoms with E-state index in [9.17, 15) is 26.3 Å². The molecular weight excluding hydrogens is 599 g/mol. The van der Waals surface area contributed by atoms with E-state index in [1.807, 2.05) is 19.0 Å². The number of nitrogens with zero attached hydrogens (tertiary/aromatic N) is 2. The van der Waals surface area contributed by atoms with Crippen LogP contribution in [0.4, 0.5) is 4.39 Å². The Morgan fingerprint density at radius 1 is 1.16 bits per heavy atom. The van der Waals surface area contributed by atoms with Crippen molar-refractivity contribution in [2.75, 3.05) is 60.0 Å². The van der Waals surface area contributed by atoms with Gasteiger partial charge < -0.3 is 24.8 Å². The molecule has 2 fully saturated rings. The number of nitrogens with one attached hydrogen (secondary N) is 2. The van der Waals surface area contributed by atoms with Crippen LogP contribution in [0.15, 0.2) is 52.3 Å². The zero-order valence-electron chi connectivity index (χ0n) is 25.0. The molecule has 14 heteroatoms. The normalized spacial score (nSPS) is 20.1. The molecule has 240 valence electrons. The molecule has 0 amide bonds. The predicted molar refractivity (Wildman–Crippen MR) is 161 cm³/mol. The maximum Gasteiger partial charge on any atom is 0.245 e. The highest BCUT2D eigenvalue weighted by Gasteiger charge is 2.45. The molecular formula is C29H43FN4O7S2. The Bertz CT molecular complexity index is 1450. The molecule has 0 aliphatic carbocycles. The van der Waals surface area contributed by atoms with Gasteiger partial charge in [-0.3, -0.25) is 0 Å². The summed E-state index contributed by atoms with van der Waals surface area (Å²) in [5.74, 6) is -0.415. The molecule has 2 heterocycles. The molecule has 3 N–H and O–H groups in total. The van der Waals surface area contributed by atoms with Crippen LogP contribution in [0.5, 0.6) is 5.75 Å². The first kappa shape index (κ1) is 33.7. The zero-order valence-corrected chi connectivity index (χ0v) is 26.6. The topological polar surface area (TPSA) is 138 Å². The summed E-state index contributed by atoms with van der Waals surface area (Å²) in [6.07, 6.45) is 1.48. The standard InChI is InChI=1S/C29H43FN4O7S2/c1-22-8-9-27(30)28(16-22)43(38,39)34-14-10-29(11-15-34)18-23(20-41-29)31-19-24(35)21-40-25-6-4-7-26(17-25)42(36,37)32-12-5-13-33(2)3/h4,6-9,16-17,23-24,31-32,35H,5,10-15,18-21H2,1-3H3. The molecule has 0 radical (unpaired) electrons. The van der Waals surface area contributed by atoms with Gasteiger partial charge in [-0.1, -0.05) is 12.1 Å². The molecule has 2 aliphatic heterocycles. The minimum absolute atomic E-state index is 0.0286. The highest BCUT2D eigenvalue weighted by Crippen LogP contribution is 2.37. The number of aliphatic hydroxyl groups excluding tert-OH is 1. The van der Waals surface area contributed by atoms with Gasteiger partial charge in [0.05, 0.1) is 17.1 Å². The number of halogens is 1. The molecule has 2 atom stereocenters. The van der Waals surface area contributed by atoms with Crippen LogP contribution in [-0.2, 0) is 24.8 Å². The number of aliphatic hydroxyl groups is 1. The van der Waals surface area contributed by atoms with Gasteiger partial charge in [-0.2, -0.15) is 4.31 Å². The fourth-order valence-electron chi connectivity index (χ4n) is 5.38. The number of benzene rings is 2. The van der Waals surface area contributed by atoms with Gasteiger partial charge in [-0.05, 0) is 83.1 Å². The Morgan fingerprint density at radius 3 is 2.63 bits per heavy atom. The smallest absolute Gasteiger partial charge is 0.245 e. The van der Waals surface area contributed by atoms with E-state index in [1.54, 1.807) is 25.1 Å². The monoisotopic (exact) mass is 642 g/mol. The van der Waals surface area contributed by atoms with E-state index in [0.717, 1.165) is 6.54 Å². The second kappa shape index (κ2) is 14.3. The minimum atomic E-state index is -3.94. The molecule has 2 saturated heterocycles. The largest absolute Gasteiger partial charge is 0.491 e. The van der Waals surface area contributed by atoms with E-state index >= 15 is 0 Å². The van der Waals surface area contributed by atoms with E-state index in [4.69, 9.17) is 9.47 Å². The molecule has 11 nitrogen and oxygen atoms in total. The average Bonchev–Trinajstić information content (AvgIpc) is 3.36. The lowest BCUT2D eigenvalue weighted by molar-refractivity contribution is -0.0312. The van der Waals surface area contributed by atoms with E-state index in [0.29, 0.717) is 50.1 Å². The lowest BCUT2D eigenvalue weighted by Crippen LogP contribution is -2.47. The van der Waals surface area contributed by atoms with Crippen LogP contribution in [0.2, 0.25) is 0 Å². The second-order valence-corrected chi connectivity index (χ2v) is 15.3. The van der Waals surface area contributed by atoms with Crippen LogP contribution in [-0.4, -0.2) is 109 Å². The number of aryl methyl sites for hydroxylation is 1. The Hall–Kier alpha value is -2.17. The Labute approximate surface area is 254 Å². The lowest BCUT2D eigenvalue weighted by Gasteiger charge is -2.38. The van der Waals surface area contributed by atoms with Gasteiger partial charge in [-0.15, -0.1) is 0 Å². The van der Waals surface area contributed by atoms with Gasteiger partial charge in [0.15, 0.2) is 0 Å². The minimum Gasteiger partial charge on any atom is -0.491 e. The fourth-order valence-corrected chi connectivity index (χ4v) is 8.08. The van der Waals surface area contributed by atoms with E-state index in [1.165, 1.54) is 28.6 Å². The summed E-state index contributed by atoms with van der Waals surface area (Å²) in [4.78, 5) is 1.78. The summed E-state index contributed by atoms with van der Waals surface area (Å²) in [6, 6.07) is 10.2. The Balaban J connectivity index is 1.21. The molecule has 1 spiro atoms. The van der Waals surface area contributed by atoms with Crippen molar-refractivity contribution >= 4 is 20.0 Å². The molecule has 4 rings (SSSR count). The Morgan fingerprint density at radius 2 is 1.91 bits per heavy atom. The fraction of sp³-hybridized carbons (Fsp3) is 0.586. The molecule has 2 unspecified atom stereocenters. The SMILES string of the molecule is Cc1ccc(F)c(S(=O)(=O)N2CCC3(CC2)CC(NCC(O)COc2cccc(S(=O)(=O)NCCCN(C)C)c2)CO3)c1. The quantitative estimate of drug-likeness (QED) is 0.263. The van der Waals surface area contributed by atoms with Crippen molar-refractivity contribution in [1.29, 1.82) is 0 Å². The highest BCUT2D eigenvalue weighted by atomic mass is 32.2. The van der Waals surface area contributed by atoms with Crippen molar-refractivity contribution in [1.82, 2.24) is 19.2 Å². The third kappa shape index (κ3) is 8.94. The molecule has 2 aromatic carbocycles. The molecule has 0 bridgehead atoms. The summed E-state index contributed by atoms with van der Waals surface area (Å²) in [5, 5.41) is 13.8. The third-order valence-corrected chi connectivity index (χ3v) is 11.2. The van der Waals surface area contributed by atoms with Crippen LogP contribution in [0.1, 0.15) is 31.2 Å². The van der Waals surface area contributed by atoms with Gasteiger partial charge in [0.25, 0.3) is 0 Å². The van der Waals surface area contributed by atoms with Crippen molar-refractivity contribution in [3.63, 3.8) is 0 Å². The van der Waals surface area contributed by atoms with Crippen LogP contribution in [0.3, 0.4) is 0 Å². The Kier molecular flexibility index (Phi) is 11.2. The average molecular weight is 643 g/mol. The van der Waals surface area contributed by atoms with Crippen molar-refractivity contribution in [2.45, 2.75) is 60.1 Å². The van der Waals surface area contributed by atoms with Crippen molar-refractivity contribution in [2.24, 2.45) is 0 Å². The lowest BCUT2D eigenvalue weighted by atomic mass is 9.88. The summed E-state index contributed by atoms with van der Waals surface area (Å²) in [5.41, 5.74) is 0.206. The van der Waals surface area contributed by atoms with E-state index < -0.39 is 37.6 Å². The molecule has 0 saturated carbocycles. The van der Waals surface area contributed by atoms with E-state index in [-0.39, 0.29) is 42.1 Å². The van der Waals surface area contributed by atoms with Gasteiger partial charge >= 0.3 is 0 Å². The van der Waals surface area contributed by atoms with E-state index in [2.05, 4.69) is 10.0 Å². The van der Waals surface area contributed by atoms with Crippen molar-refractivity contribution in [3.05, 3.63) is 53.8 Å². The summed E-state index contributed by atoms with van der Waals surface area (Å²) < 4.78 is 81.4. The van der Waals surface area contributed by atoms with Gasteiger partial charge in [0.1, 0.15) is 29.2 Å². The maximum atomic E-state index is 14.3. The summed E-state index contributed by atoms with van der Waals surface area (Å²) >= 11 is 0. The van der Waals surface area contributed by atoms with Crippen LogP contribution >= 0.6 is 0 Å². The number of piperidine rings is 1. The predicted octanol–water partition coefficient (Wildman–Crippen LogP) is 1.71. The number of sulfonamides is 2. The number of ether oxygens (including phenoxy) is 2. The molecule has 43 heavy (non-hydrogen) atoms. The second-order valence-electron chi connectivity index (χ2n) is 11.6. The van der Waals surface area contributed by atoms with Crippen LogP contribution in [0, 0.1) is 12.7 Å². The molecule has 0 aromatic heterocycles. The first-order valence-corrected chi connectivity index (χ1v) is 17.4. The van der Waals surface area contributed by atoms with Gasteiger partial charge in [-0.25, -0.2) is 25.9 Å². The molecule has 2 aromatic rings. The summed E-state index contributed by atoms with van der Waals surface area (Å²) in [6.45, 7) is 3.92. The highest BCUT2D eigenvalue weighted by molar-refractivity contribution is 7.89. The van der Waals surface area contributed by atoms with Crippen molar-refractivity contribution in [3.8, 4) is 5.75 Å². The van der Waals surface area contributed by atoms with Gasteiger partial charge in [0.2, 0.25) is 20.0 Å². The number of rotatable bonds is 14. The number of hydrogen-bond donors (Lipinski definition) is 3. The summed E-state index contributed by atoms with van der Waals surface area (Å²) in [7, 11) is -3.76.